The van der Waals surface area contributed by atoms with Crippen molar-refractivity contribution in [1.29, 1.82) is 0 Å². The van der Waals surface area contributed by atoms with Crippen LogP contribution in [0.25, 0.3) is 11.1 Å². The van der Waals surface area contributed by atoms with Crippen molar-refractivity contribution in [2.45, 2.75) is 23.3 Å². The molecule has 3 rings (SSSR count). The predicted molar refractivity (Wildman–Crippen MR) is 136 cm³/mol. The Kier molecular flexibility index (Phi) is 9.37. The molecule has 5 nitrogen and oxygen atoms in total. The van der Waals surface area contributed by atoms with Gasteiger partial charge in [-0.3, -0.25) is 4.79 Å². The number of halogens is 1. The van der Waals surface area contributed by atoms with Crippen molar-refractivity contribution in [3.05, 3.63) is 59.0 Å². The highest BCUT2D eigenvalue weighted by atomic mass is 35.5. The number of rotatable bonds is 9. The number of methoxy groups -OCH3 is 2. The third kappa shape index (κ3) is 6.02. The minimum Gasteiger partial charge on any atom is -0.497 e. The van der Waals surface area contributed by atoms with E-state index >= 15 is 0 Å². The average molecular weight is 493 g/mol. The Morgan fingerprint density at radius 1 is 1.19 bits per heavy atom. The van der Waals surface area contributed by atoms with Crippen LogP contribution in [0.3, 0.4) is 0 Å². The number of thioether (sulfide) groups is 1. The predicted octanol–water partition coefficient (Wildman–Crippen LogP) is 5.50. The van der Waals surface area contributed by atoms with Gasteiger partial charge in [-0.25, -0.2) is 4.31 Å². The van der Waals surface area contributed by atoms with Crippen LogP contribution in [0.2, 0.25) is 5.02 Å². The van der Waals surface area contributed by atoms with E-state index in [9.17, 15) is 4.79 Å². The molecule has 0 unspecified atom stereocenters. The number of nitrogens with one attached hydrogen (secondary N) is 1. The first-order chi connectivity index (χ1) is 15.5. The first-order valence-corrected chi connectivity index (χ1v) is 12.8. The van der Waals surface area contributed by atoms with Crippen LogP contribution in [0.5, 0.6) is 5.75 Å². The number of hydrogen-bond acceptors (Lipinski definition) is 6. The fourth-order valence-corrected chi connectivity index (χ4v) is 5.23. The summed E-state index contributed by atoms with van der Waals surface area (Å²) in [5, 5.41) is 5.64. The van der Waals surface area contributed by atoms with E-state index in [1.807, 2.05) is 54.1 Å². The van der Waals surface area contributed by atoms with Crippen molar-refractivity contribution < 1.29 is 14.3 Å². The summed E-state index contributed by atoms with van der Waals surface area (Å²) in [6.07, 6.45) is 5.19. The summed E-state index contributed by atoms with van der Waals surface area (Å²) in [6, 6.07) is 13.9. The van der Waals surface area contributed by atoms with Crippen molar-refractivity contribution in [2.75, 3.05) is 40.1 Å². The maximum absolute atomic E-state index is 12.8. The maximum Gasteiger partial charge on any atom is 0.252 e. The van der Waals surface area contributed by atoms with Gasteiger partial charge in [0.25, 0.3) is 5.91 Å². The molecule has 0 saturated carbocycles. The van der Waals surface area contributed by atoms with Crippen LogP contribution in [0.1, 0.15) is 12.8 Å². The number of carbonyl (C=O) groups is 1. The number of ether oxygens (including phenoxy) is 2. The van der Waals surface area contributed by atoms with Gasteiger partial charge < -0.3 is 14.8 Å². The summed E-state index contributed by atoms with van der Waals surface area (Å²) in [6.45, 7) is 1.98. The van der Waals surface area contributed by atoms with E-state index in [2.05, 4.69) is 15.7 Å². The molecular weight excluding hydrogens is 464 g/mol. The Labute approximate surface area is 204 Å². The molecule has 1 saturated heterocycles. The lowest BCUT2D eigenvalue weighted by Gasteiger charge is -2.39. The standard InChI is InChI=1S/C24H29ClN2O3S2/c1-29-18-9-10-22(20(17-18)19-7-4-5-8-21(19)25)32-27-14-11-24(30-2,12-15-27)23(28)26-13-6-16-31-3/h4-10,16-17H,11-15H2,1-3H3,(H,26,28)/b16-6-. The summed E-state index contributed by atoms with van der Waals surface area (Å²) in [5.41, 5.74) is 1.22. The molecule has 0 atom stereocenters. The van der Waals surface area contributed by atoms with Crippen LogP contribution in [0, 0.1) is 0 Å². The molecule has 1 aliphatic heterocycles. The van der Waals surface area contributed by atoms with Crippen molar-refractivity contribution in [3.8, 4) is 16.9 Å². The van der Waals surface area contributed by atoms with Gasteiger partial charge in [-0.15, -0.1) is 11.8 Å². The van der Waals surface area contributed by atoms with Crippen molar-refractivity contribution in [3.63, 3.8) is 0 Å². The van der Waals surface area contributed by atoms with Gasteiger partial charge in [0, 0.05) is 47.8 Å². The first kappa shape index (κ1) is 25.0. The number of amides is 1. The Hall–Kier alpha value is -1.64. The smallest absolute Gasteiger partial charge is 0.252 e. The Morgan fingerprint density at radius 2 is 1.94 bits per heavy atom. The first-order valence-electron chi connectivity index (χ1n) is 10.4. The van der Waals surface area contributed by atoms with E-state index in [-0.39, 0.29) is 5.91 Å². The molecule has 1 N–H and O–H groups in total. The highest BCUT2D eigenvalue weighted by molar-refractivity contribution is 8.01. The topological polar surface area (TPSA) is 50.8 Å². The fourth-order valence-electron chi connectivity index (χ4n) is 3.66. The Bertz CT molecular complexity index is 947. The summed E-state index contributed by atoms with van der Waals surface area (Å²) in [4.78, 5) is 13.9. The number of benzene rings is 2. The maximum atomic E-state index is 12.8. The third-order valence-electron chi connectivity index (χ3n) is 5.53. The molecule has 1 amide bonds. The van der Waals surface area contributed by atoms with Crippen LogP contribution in [0.15, 0.2) is 58.8 Å². The van der Waals surface area contributed by atoms with E-state index in [1.165, 1.54) is 0 Å². The highest BCUT2D eigenvalue weighted by Gasteiger charge is 2.41. The molecule has 1 heterocycles. The molecular formula is C24H29ClN2O3S2. The SMILES string of the molecule is COc1ccc(SN2CCC(OC)(C(=O)NC/C=C\SC)CC2)c(-c2ccccc2Cl)c1. The number of piperidine rings is 1. The molecule has 0 aromatic heterocycles. The van der Waals surface area contributed by atoms with Crippen LogP contribution in [-0.4, -0.2) is 55.9 Å². The monoisotopic (exact) mass is 492 g/mol. The molecule has 0 bridgehead atoms. The molecule has 172 valence electrons. The van der Waals surface area contributed by atoms with Crippen LogP contribution in [-0.2, 0) is 9.53 Å². The highest BCUT2D eigenvalue weighted by Crippen LogP contribution is 2.40. The zero-order valence-corrected chi connectivity index (χ0v) is 21.0. The van der Waals surface area contributed by atoms with Gasteiger partial charge in [0.15, 0.2) is 0 Å². The Morgan fingerprint density at radius 3 is 2.59 bits per heavy atom. The number of nitrogens with zero attached hydrogens (tertiary/aromatic N) is 1. The largest absolute Gasteiger partial charge is 0.497 e. The molecule has 0 aliphatic carbocycles. The zero-order valence-electron chi connectivity index (χ0n) is 18.6. The molecule has 0 radical (unpaired) electrons. The minimum absolute atomic E-state index is 0.0448. The lowest BCUT2D eigenvalue weighted by atomic mass is 9.91. The second-order valence-electron chi connectivity index (χ2n) is 7.38. The number of hydrogen-bond donors (Lipinski definition) is 1. The molecule has 2 aromatic rings. The molecule has 1 aliphatic rings. The molecule has 2 aromatic carbocycles. The molecule has 8 heteroatoms. The van der Waals surface area contributed by atoms with Gasteiger partial charge in [-0.2, -0.15) is 0 Å². The van der Waals surface area contributed by atoms with Gasteiger partial charge >= 0.3 is 0 Å². The van der Waals surface area contributed by atoms with E-state index in [0.29, 0.717) is 24.4 Å². The third-order valence-corrected chi connectivity index (χ3v) is 7.50. The summed E-state index contributed by atoms with van der Waals surface area (Å²) >= 11 is 9.78. The summed E-state index contributed by atoms with van der Waals surface area (Å²) < 4.78 is 13.4. The van der Waals surface area contributed by atoms with Crippen LogP contribution in [0.4, 0.5) is 0 Å². The van der Waals surface area contributed by atoms with E-state index in [4.69, 9.17) is 21.1 Å². The summed E-state index contributed by atoms with van der Waals surface area (Å²) in [7, 11) is 3.29. The average Bonchev–Trinajstić information content (AvgIpc) is 2.83. The van der Waals surface area contributed by atoms with Gasteiger partial charge in [0.05, 0.1) is 7.11 Å². The quantitative estimate of drug-likeness (QED) is 0.467. The molecule has 32 heavy (non-hydrogen) atoms. The van der Waals surface area contributed by atoms with Crippen molar-refractivity contribution in [1.82, 2.24) is 9.62 Å². The van der Waals surface area contributed by atoms with Crippen molar-refractivity contribution >= 4 is 41.2 Å². The lowest BCUT2D eigenvalue weighted by Crippen LogP contribution is -2.54. The Balaban J connectivity index is 1.71. The molecule has 0 spiro atoms. The zero-order chi connectivity index (χ0) is 23.0. The lowest BCUT2D eigenvalue weighted by molar-refractivity contribution is -0.147. The van der Waals surface area contributed by atoms with Gasteiger partial charge in [0.2, 0.25) is 0 Å². The minimum atomic E-state index is -0.782. The summed E-state index contributed by atoms with van der Waals surface area (Å²) in [5.74, 6) is 0.741. The van der Waals surface area contributed by atoms with Crippen molar-refractivity contribution in [2.24, 2.45) is 0 Å². The van der Waals surface area contributed by atoms with Gasteiger partial charge in [0.1, 0.15) is 11.4 Å². The van der Waals surface area contributed by atoms with E-state index in [1.54, 1.807) is 37.9 Å². The van der Waals surface area contributed by atoms with Crippen LogP contribution >= 0.6 is 35.3 Å². The second-order valence-corrected chi connectivity index (χ2v) is 9.67. The number of carbonyl (C=O) groups excluding carboxylic acids is 1. The van der Waals surface area contributed by atoms with Gasteiger partial charge in [-0.05, 0) is 60.7 Å². The normalized spacial score (nSPS) is 16.2. The molecule has 1 fully saturated rings. The van der Waals surface area contributed by atoms with E-state index in [0.717, 1.165) is 34.9 Å². The van der Waals surface area contributed by atoms with Gasteiger partial charge in [-0.1, -0.05) is 35.9 Å². The fraction of sp³-hybridized carbons (Fsp3) is 0.375. The second kappa shape index (κ2) is 12.0. The van der Waals surface area contributed by atoms with E-state index < -0.39 is 5.60 Å². The van der Waals surface area contributed by atoms with Crippen LogP contribution < -0.4 is 10.1 Å².